The largest absolute Gasteiger partial charge is 0.387 e. The van der Waals surface area contributed by atoms with Crippen molar-refractivity contribution in [3.8, 4) is 12.3 Å². The zero-order chi connectivity index (χ0) is 9.97. The van der Waals surface area contributed by atoms with Gasteiger partial charge in [-0.1, -0.05) is 0 Å². The molecule has 2 rings (SSSR count). The molecule has 0 amide bonds. The summed E-state index contributed by atoms with van der Waals surface area (Å²) in [5, 5.41) is 13.8. The lowest BCUT2D eigenvalue weighted by atomic mass is 10.1. The van der Waals surface area contributed by atoms with E-state index in [1.54, 1.807) is 29.3 Å². The fourth-order valence-corrected chi connectivity index (χ4v) is 1.33. The fraction of sp³-hybridized carbons (Fsp3) is 0.200. The molecule has 2 aromatic heterocycles. The molecular weight excluding hydrogens is 178 g/mol. The molecule has 70 valence electrons. The van der Waals surface area contributed by atoms with E-state index in [9.17, 15) is 5.11 Å². The normalized spacial score (nSPS) is 12.6. The predicted molar refractivity (Wildman–Crippen MR) is 51.4 cm³/mol. The highest BCUT2D eigenvalue weighted by molar-refractivity contribution is 5.52. The van der Waals surface area contributed by atoms with Gasteiger partial charge in [0, 0.05) is 24.4 Å². The molecule has 0 aromatic carbocycles. The quantitative estimate of drug-likeness (QED) is 0.707. The number of nitrogens with zero attached hydrogens (tertiary/aromatic N) is 3. The van der Waals surface area contributed by atoms with E-state index in [4.69, 9.17) is 6.42 Å². The molecule has 1 unspecified atom stereocenters. The van der Waals surface area contributed by atoms with Crippen molar-refractivity contribution in [2.24, 2.45) is 0 Å². The summed E-state index contributed by atoms with van der Waals surface area (Å²) in [6, 6.07) is 0. The molecule has 4 nitrogen and oxygen atoms in total. The van der Waals surface area contributed by atoms with Crippen LogP contribution in [0.15, 0.2) is 24.8 Å². The monoisotopic (exact) mass is 187 g/mol. The molecule has 2 heterocycles. The number of aliphatic hydroxyl groups excluding tert-OH is 1. The Balaban J connectivity index is 2.48. The third-order valence-corrected chi connectivity index (χ3v) is 2.02. The smallest absolute Gasteiger partial charge is 0.0936 e. The number of fused-ring (bicyclic) bond motifs is 1. The number of hydrogen-bond donors (Lipinski definition) is 1. The molecule has 0 radical (unpaired) electrons. The molecule has 0 saturated heterocycles. The molecule has 1 N–H and O–H groups in total. The fourth-order valence-electron chi connectivity index (χ4n) is 1.33. The first-order valence-electron chi connectivity index (χ1n) is 4.21. The average molecular weight is 187 g/mol. The van der Waals surface area contributed by atoms with Crippen LogP contribution in [0.3, 0.4) is 0 Å². The van der Waals surface area contributed by atoms with E-state index >= 15 is 0 Å². The lowest BCUT2D eigenvalue weighted by Crippen LogP contribution is -1.95. The number of aliphatic hydroxyl groups is 1. The van der Waals surface area contributed by atoms with Crippen LogP contribution in [0.25, 0.3) is 5.52 Å². The Kier molecular flexibility index (Phi) is 2.17. The average Bonchev–Trinajstić information content (AvgIpc) is 2.61. The van der Waals surface area contributed by atoms with Gasteiger partial charge >= 0.3 is 0 Å². The molecule has 4 heteroatoms. The van der Waals surface area contributed by atoms with Gasteiger partial charge < -0.3 is 5.11 Å². The van der Waals surface area contributed by atoms with Crippen LogP contribution >= 0.6 is 0 Å². The maximum Gasteiger partial charge on any atom is 0.0936 e. The Morgan fingerprint density at radius 2 is 2.43 bits per heavy atom. The summed E-state index contributed by atoms with van der Waals surface area (Å²) in [4.78, 5) is 3.96. The number of hydrogen-bond acceptors (Lipinski definition) is 3. The Hall–Kier alpha value is -1.86. The molecule has 0 spiro atoms. The van der Waals surface area contributed by atoms with Crippen molar-refractivity contribution in [3.05, 3.63) is 30.4 Å². The van der Waals surface area contributed by atoms with Gasteiger partial charge in [0.15, 0.2) is 0 Å². The lowest BCUT2D eigenvalue weighted by molar-refractivity contribution is 0.185. The van der Waals surface area contributed by atoms with E-state index in [1.165, 1.54) is 0 Å². The molecule has 1 atom stereocenters. The molecule has 2 aromatic rings. The van der Waals surface area contributed by atoms with Gasteiger partial charge in [0.05, 0.1) is 24.0 Å². The Morgan fingerprint density at radius 1 is 1.57 bits per heavy atom. The molecule has 0 aliphatic rings. The number of aromatic nitrogens is 3. The van der Waals surface area contributed by atoms with Gasteiger partial charge in [-0.2, -0.15) is 5.10 Å². The summed E-state index contributed by atoms with van der Waals surface area (Å²) < 4.78 is 1.65. The lowest BCUT2D eigenvalue weighted by Gasteiger charge is -2.03. The van der Waals surface area contributed by atoms with E-state index in [2.05, 4.69) is 16.0 Å². The van der Waals surface area contributed by atoms with Gasteiger partial charge in [-0.15, -0.1) is 12.3 Å². The van der Waals surface area contributed by atoms with E-state index in [1.807, 2.05) is 0 Å². The highest BCUT2D eigenvalue weighted by Crippen LogP contribution is 2.20. The van der Waals surface area contributed by atoms with E-state index in [0.29, 0.717) is 0 Å². The van der Waals surface area contributed by atoms with Crippen LogP contribution in [0, 0.1) is 12.3 Å². The van der Waals surface area contributed by atoms with Crippen molar-refractivity contribution < 1.29 is 5.11 Å². The van der Waals surface area contributed by atoms with Crippen LogP contribution in [0.2, 0.25) is 0 Å². The van der Waals surface area contributed by atoms with Crippen molar-refractivity contribution in [2.75, 3.05) is 0 Å². The minimum atomic E-state index is -0.665. The van der Waals surface area contributed by atoms with Crippen LogP contribution in [-0.4, -0.2) is 19.7 Å². The maximum atomic E-state index is 9.68. The number of terminal acetylenes is 1. The highest BCUT2D eigenvalue weighted by atomic mass is 16.3. The van der Waals surface area contributed by atoms with Gasteiger partial charge in [0.2, 0.25) is 0 Å². The second-order valence-electron chi connectivity index (χ2n) is 2.93. The molecular formula is C10H9N3O. The van der Waals surface area contributed by atoms with Crippen molar-refractivity contribution in [1.29, 1.82) is 0 Å². The van der Waals surface area contributed by atoms with Gasteiger partial charge in [-0.05, 0) is 0 Å². The summed E-state index contributed by atoms with van der Waals surface area (Å²) in [5.74, 6) is 2.41. The van der Waals surface area contributed by atoms with Crippen LogP contribution in [0.1, 0.15) is 18.1 Å². The van der Waals surface area contributed by atoms with Gasteiger partial charge in [0.1, 0.15) is 0 Å². The van der Waals surface area contributed by atoms with E-state index in [-0.39, 0.29) is 6.42 Å². The molecule has 0 bridgehead atoms. The summed E-state index contributed by atoms with van der Waals surface area (Å²) in [5.41, 5.74) is 1.51. The minimum absolute atomic E-state index is 0.288. The van der Waals surface area contributed by atoms with Crippen molar-refractivity contribution in [3.63, 3.8) is 0 Å². The summed E-state index contributed by atoms with van der Waals surface area (Å²) in [6.07, 6.45) is 11.4. The minimum Gasteiger partial charge on any atom is -0.387 e. The Labute approximate surface area is 81.2 Å². The molecule has 0 fully saturated rings. The summed E-state index contributed by atoms with van der Waals surface area (Å²) >= 11 is 0. The zero-order valence-corrected chi connectivity index (χ0v) is 7.46. The van der Waals surface area contributed by atoms with Crippen molar-refractivity contribution in [1.82, 2.24) is 14.6 Å². The highest BCUT2D eigenvalue weighted by Gasteiger charge is 2.11. The topological polar surface area (TPSA) is 50.4 Å². The SMILES string of the molecule is C#CCC(O)c1cnn2ccncc12. The van der Waals surface area contributed by atoms with Crippen LogP contribution in [-0.2, 0) is 0 Å². The van der Waals surface area contributed by atoms with Crippen molar-refractivity contribution >= 4 is 5.52 Å². The van der Waals surface area contributed by atoms with Gasteiger partial charge in [-0.25, -0.2) is 4.52 Å². The van der Waals surface area contributed by atoms with E-state index < -0.39 is 6.10 Å². The molecule has 0 saturated carbocycles. The maximum absolute atomic E-state index is 9.68. The first-order valence-corrected chi connectivity index (χ1v) is 4.21. The summed E-state index contributed by atoms with van der Waals surface area (Å²) in [6.45, 7) is 0. The third kappa shape index (κ3) is 1.34. The first kappa shape index (κ1) is 8.73. The van der Waals surface area contributed by atoms with Crippen LogP contribution < -0.4 is 0 Å². The van der Waals surface area contributed by atoms with Crippen LogP contribution in [0.5, 0.6) is 0 Å². The summed E-state index contributed by atoms with van der Waals surface area (Å²) in [7, 11) is 0. The van der Waals surface area contributed by atoms with Gasteiger partial charge in [-0.3, -0.25) is 4.98 Å². The second kappa shape index (κ2) is 3.48. The zero-order valence-electron chi connectivity index (χ0n) is 7.46. The van der Waals surface area contributed by atoms with Crippen LogP contribution in [0.4, 0.5) is 0 Å². The number of rotatable bonds is 2. The Bertz CT molecular complexity index is 483. The predicted octanol–water partition coefficient (Wildman–Crippen LogP) is 0.786. The molecule has 0 aliphatic carbocycles. The molecule has 0 aliphatic heterocycles. The standard InChI is InChI=1S/C10H9N3O/c1-2-3-10(14)8-6-12-13-5-4-11-7-9(8)13/h1,4-7,10,14H,3H2. The second-order valence-corrected chi connectivity index (χ2v) is 2.93. The molecule has 14 heavy (non-hydrogen) atoms. The third-order valence-electron chi connectivity index (χ3n) is 2.02. The van der Waals surface area contributed by atoms with Gasteiger partial charge in [0.25, 0.3) is 0 Å². The Morgan fingerprint density at radius 3 is 3.21 bits per heavy atom. The van der Waals surface area contributed by atoms with E-state index in [0.717, 1.165) is 11.1 Å². The van der Waals surface area contributed by atoms with Crippen molar-refractivity contribution in [2.45, 2.75) is 12.5 Å². The first-order chi connectivity index (χ1) is 6.83.